The Labute approximate surface area is 189 Å². The van der Waals surface area contributed by atoms with Gasteiger partial charge in [-0.3, -0.25) is 14.4 Å². The summed E-state index contributed by atoms with van der Waals surface area (Å²) in [6.45, 7) is 9.20. The fourth-order valence-corrected chi connectivity index (χ4v) is 3.03. The van der Waals surface area contributed by atoms with Gasteiger partial charge in [-0.15, -0.1) is 10.2 Å². The average molecular weight is 455 g/mol. The molecule has 0 saturated carbocycles. The molecule has 2 aromatic heterocycles. The van der Waals surface area contributed by atoms with Gasteiger partial charge in [-0.2, -0.15) is 0 Å². The van der Waals surface area contributed by atoms with Crippen LogP contribution < -0.4 is 10.9 Å². The van der Waals surface area contributed by atoms with Crippen molar-refractivity contribution in [3.8, 4) is 11.4 Å². The number of Topliss-reactive ketones (excluding diaryl/α,β-unsaturated/α-hetero) is 1. The highest BCUT2D eigenvalue weighted by Crippen LogP contribution is 2.21. The molecule has 0 aliphatic heterocycles. The molecule has 0 saturated heterocycles. The number of aromatic nitrogens is 4. The molecule has 9 nitrogen and oxygen atoms in total. The number of hydrogen-bond donors (Lipinski definition) is 2. The molecule has 0 aliphatic rings. The van der Waals surface area contributed by atoms with Gasteiger partial charge in [0.2, 0.25) is 17.6 Å². The van der Waals surface area contributed by atoms with Crippen molar-refractivity contribution < 1.29 is 18.4 Å². The van der Waals surface area contributed by atoms with E-state index in [0.717, 1.165) is 0 Å². The minimum Gasteiger partial charge on any atom is -0.418 e. The van der Waals surface area contributed by atoms with Crippen LogP contribution in [-0.4, -0.2) is 37.9 Å². The zero-order chi connectivity index (χ0) is 24.3. The van der Waals surface area contributed by atoms with Crippen molar-refractivity contribution in [3.05, 3.63) is 64.0 Å². The number of nitrogens with zero attached hydrogens (tertiary/aromatic N) is 3. The van der Waals surface area contributed by atoms with Crippen molar-refractivity contribution in [2.75, 3.05) is 0 Å². The maximum Gasteiger partial charge on any atom is 0.286 e. The van der Waals surface area contributed by atoms with E-state index in [2.05, 4.69) is 25.5 Å². The van der Waals surface area contributed by atoms with E-state index in [1.54, 1.807) is 13.8 Å². The summed E-state index contributed by atoms with van der Waals surface area (Å²) < 4.78 is 18.7. The highest BCUT2D eigenvalue weighted by atomic mass is 19.1. The van der Waals surface area contributed by atoms with Gasteiger partial charge in [0.15, 0.2) is 0 Å². The lowest BCUT2D eigenvalue weighted by Gasteiger charge is -2.19. The first-order chi connectivity index (χ1) is 15.4. The van der Waals surface area contributed by atoms with E-state index in [1.165, 1.54) is 30.3 Å². The highest BCUT2D eigenvalue weighted by molar-refractivity contribution is 5.98. The summed E-state index contributed by atoms with van der Waals surface area (Å²) in [7, 11) is 0. The number of H-pyrrole nitrogens is 1. The standard InChI is InChI=1S/C23H26FN5O4/c1-12(2)18(19(32)21-28-29-22(33-21)23(3,4)5)26-16(30)10-15-11-17(31)27-20(25-15)13-6-8-14(24)9-7-13/h6-9,11-12,18H,10H2,1-5H3,(H,26,30)(H,25,27,31)/t18-/m0/s1. The molecule has 3 aromatic rings. The van der Waals surface area contributed by atoms with Gasteiger partial charge in [-0.05, 0) is 30.2 Å². The SMILES string of the molecule is CC(C)[C@H](NC(=O)Cc1cc(=O)[nH]c(-c2ccc(F)cc2)n1)C(=O)c1nnc(C(C)(C)C)o1. The van der Waals surface area contributed by atoms with Crippen molar-refractivity contribution in [3.63, 3.8) is 0 Å². The molecule has 174 valence electrons. The first-order valence-electron chi connectivity index (χ1n) is 10.5. The molecule has 2 heterocycles. The zero-order valence-electron chi connectivity index (χ0n) is 19.1. The van der Waals surface area contributed by atoms with Crippen molar-refractivity contribution in [1.82, 2.24) is 25.5 Å². The lowest BCUT2D eigenvalue weighted by molar-refractivity contribution is -0.121. The minimum atomic E-state index is -0.899. The second kappa shape index (κ2) is 9.43. The number of ketones is 1. The minimum absolute atomic E-state index is 0.174. The lowest BCUT2D eigenvalue weighted by atomic mass is 9.97. The summed E-state index contributed by atoms with van der Waals surface area (Å²) >= 11 is 0. The summed E-state index contributed by atoms with van der Waals surface area (Å²) in [6, 6.07) is 5.74. The summed E-state index contributed by atoms with van der Waals surface area (Å²) in [5.74, 6) is -1.31. The molecule has 0 fully saturated rings. The molecule has 3 rings (SSSR count). The Morgan fingerprint density at radius 2 is 1.82 bits per heavy atom. The second-order valence-corrected chi connectivity index (χ2v) is 9.08. The normalized spacial score (nSPS) is 12.6. The predicted octanol–water partition coefficient (Wildman–Crippen LogP) is 2.82. The van der Waals surface area contributed by atoms with Crippen LogP contribution in [0, 0.1) is 11.7 Å². The Bertz CT molecular complexity index is 1210. The number of aromatic amines is 1. The summed E-state index contributed by atoms with van der Waals surface area (Å²) in [5.41, 5.74) is -0.171. The molecule has 0 spiro atoms. The van der Waals surface area contributed by atoms with Crippen LogP contribution in [0.2, 0.25) is 0 Å². The molecule has 0 radical (unpaired) electrons. The van der Waals surface area contributed by atoms with Crippen LogP contribution >= 0.6 is 0 Å². The molecule has 1 atom stereocenters. The zero-order valence-corrected chi connectivity index (χ0v) is 19.1. The number of benzene rings is 1. The molecule has 1 amide bonds. The number of halogens is 1. The van der Waals surface area contributed by atoms with Gasteiger partial charge in [0.25, 0.3) is 11.4 Å². The van der Waals surface area contributed by atoms with Crippen LogP contribution in [0.25, 0.3) is 11.4 Å². The van der Waals surface area contributed by atoms with Gasteiger partial charge in [-0.25, -0.2) is 9.37 Å². The summed E-state index contributed by atoms with van der Waals surface area (Å²) in [4.78, 5) is 44.5. The van der Waals surface area contributed by atoms with E-state index < -0.39 is 34.5 Å². The average Bonchev–Trinajstić information content (AvgIpc) is 3.22. The first kappa shape index (κ1) is 24.0. The molecule has 33 heavy (non-hydrogen) atoms. The fourth-order valence-electron chi connectivity index (χ4n) is 3.03. The first-order valence-corrected chi connectivity index (χ1v) is 10.5. The maximum atomic E-state index is 13.2. The van der Waals surface area contributed by atoms with Gasteiger partial charge in [0.1, 0.15) is 11.6 Å². The van der Waals surface area contributed by atoms with Crippen molar-refractivity contribution in [2.45, 2.75) is 52.5 Å². The van der Waals surface area contributed by atoms with Crippen molar-refractivity contribution in [1.29, 1.82) is 0 Å². The molecular formula is C23H26FN5O4. The quantitative estimate of drug-likeness (QED) is 0.524. The Balaban J connectivity index is 1.76. The fraction of sp³-hybridized carbons (Fsp3) is 0.391. The maximum absolute atomic E-state index is 13.2. The molecule has 10 heteroatoms. The molecule has 0 unspecified atom stereocenters. The summed E-state index contributed by atoms with van der Waals surface area (Å²) in [6.07, 6.45) is -0.230. The highest BCUT2D eigenvalue weighted by Gasteiger charge is 2.31. The largest absolute Gasteiger partial charge is 0.418 e. The topological polar surface area (TPSA) is 131 Å². The third-order valence-corrected chi connectivity index (χ3v) is 4.80. The third-order valence-electron chi connectivity index (χ3n) is 4.80. The van der Waals surface area contributed by atoms with Gasteiger partial charge < -0.3 is 14.7 Å². The number of rotatable bonds is 7. The van der Waals surface area contributed by atoms with Gasteiger partial charge in [-0.1, -0.05) is 34.6 Å². The predicted molar refractivity (Wildman–Crippen MR) is 118 cm³/mol. The van der Waals surface area contributed by atoms with Crippen LogP contribution in [0.15, 0.2) is 39.5 Å². The van der Waals surface area contributed by atoms with Crippen molar-refractivity contribution >= 4 is 11.7 Å². The van der Waals surface area contributed by atoms with Gasteiger partial charge in [0.05, 0.1) is 18.2 Å². The summed E-state index contributed by atoms with van der Waals surface area (Å²) in [5, 5.41) is 10.4. The van der Waals surface area contributed by atoms with Crippen LogP contribution in [0.1, 0.15) is 56.9 Å². The Morgan fingerprint density at radius 1 is 1.15 bits per heavy atom. The lowest BCUT2D eigenvalue weighted by Crippen LogP contribution is -2.45. The third kappa shape index (κ3) is 5.97. The smallest absolute Gasteiger partial charge is 0.286 e. The molecule has 1 aromatic carbocycles. The molecule has 0 bridgehead atoms. The van der Waals surface area contributed by atoms with Crippen LogP contribution in [-0.2, 0) is 16.6 Å². The van der Waals surface area contributed by atoms with E-state index in [0.29, 0.717) is 11.5 Å². The Morgan fingerprint density at radius 3 is 2.39 bits per heavy atom. The Hall–Kier alpha value is -3.69. The van der Waals surface area contributed by atoms with Crippen LogP contribution in [0.3, 0.4) is 0 Å². The van der Waals surface area contributed by atoms with E-state index in [-0.39, 0.29) is 29.7 Å². The molecule has 0 aliphatic carbocycles. The second-order valence-electron chi connectivity index (χ2n) is 9.08. The van der Waals surface area contributed by atoms with E-state index in [9.17, 15) is 18.8 Å². The number of hydrogen-bond acceptors (Lipinski definition) is 7. The number of carbonyl (C=O) groups excluding carboxylic acids is 2. The monoisotopic (exact) mass is 455 g/mol. The van der Waals surface area contributed by atoms with Gasteiger partial charge in [0, 0.05) is 17.0 Å². The number of amides is 1. The van der Waals surface area contributed by atoms with Crippen LogP contribution in [0.5, 0.6) is 0 Å². The van der Waals surface area contributed by atoms with E-state index in [1.807, 2.05) is 20.8 Å². The Kier molecular flexibility index (Phi) is 6.85. The number of nitrogens with one attached hydrogen (secondary N) is 2. The van der Waals surface area contributed by atoms with E-state index >= 15 is 0 Å². The number of carbonyl (C=O) groups is 2. The van der Waals surface area contributed by atoms with E-state index in [4.69, 9.17) is 4.42 Å². The van der Waals surface area contributed by atoms with Crippen LogP contribution in [0.4, 0.5) is 4.39 Å². The van der Waals surface area contributed by atoms with Gasteiger partial charge >= 0.3 is 0 Å². The molecule has 2 N–H and O–H groups in total. The molecular weight excluding hydrogens is 429 g/mol. The van der Waals surface area contributed by atoms with Crippen molar-refractivity contribution in [2.24, 2.45) is 5.92 Å².